The van der Waals surface area contributed by atoms with Crippen LogP contribution >= 0.6 is 0 Å². The molecule has 0 amide bonds. The van der Waals surface area contributed by atoms with Crippen LogP contribution in [0.5, 0.6) is 0 Å². The van der Waals surface area contributed by atoms with E-state index in [1.54, 1.807) is 0 Å². The molecule has 0 aliphatic heterocycles. The van der Waals surface area contributed by atoms with Gasteiger partial charge in [0, 0.05) is 6.08 Å². The molecule has 0 aromatic carbocycles. The van der Waals surface area contributed by atoms with Gasteiger partial charge in [-0.25, -0.2) is 4.79 Å². The highest BCUT2D eigenvalue weighted by atomic mass is 32.3. The predicted octanol–water partition coefficient (Wildman–Crippen LogP) is 0.138. The average Bonchev–Trinajstić information content (AvgIpc) is 2.11. The molecule has 138 valence electrons. The first-order valence-electron chi connectivity index (χ1n) is 5.85. The second-order valence-corrected chi connectivity index (χ2v) is 5.91. The zero-order chi connectivity index (χ0) is 19.5. The Morgan fingerprint density at radius 3 is 0.864 bits per heavy atom. The van der Waals surface area contributed by atoms with E-state index in [4.69, 9.17) is 22.6 Å². The van der Waals surface area contributed by atoms with Crippen LogP contribution in [0.3, 0.4) is 0 Å². The highest BCUT2D eigenvalue weighted by Gasteiger charge is 1.84. The van der Waals surface area contributed by atoms with Gasteiger partial charge in [0.15, 0.2) is 0 Å². The summed E-state index contributed by atoms with van der Waals surface area (Å²) < 4.78 is 31.6. The van der Waals surface area contributed by atoms with Crippen LogP contribution in [0.25, 0.3) is 0 Å². The van der Waals surface area contributed by atoms with Gasteiger partial charge in [0.25, 0.3) is 0 Å². The number of aliphatic carboxylic acids is 1. The van der Waals surface area contributed by atoms with Crippen molar-refractivity contribution in [1.82, 2.24) is 14.7 Å². The van der Waals surface area contributed by atoms with Gasteiger partial charge in [-0.1, -0.05) is 6.58 Å². The van der Waals surface area contributed by atoms with E-state index in [9.17, 15) is 4.79 Å². The summed E-state index contributed by atoms with van der Waals surface area (Å²) in [7, 11) is 13.3. The highest BCUT2D eigenvalue weighted by molar-refractivity contribution is 7.79. The van der Waals surface area contributed by atoms with Crippen molar-refractivity contribution in [3.63, 3.8) is 0 Å². The van der Waals surface area contributed by atoms with E-state index in [0.717, 1.165) is 6.08 Å². The molecule has 0 bridgehead atoms. The number of nitrogens with zero attached hydrogens (tertiary/aromatic N) is 3. The first-order valence-corrected chi connectivity index (χ1v) is 7.25. The molecule has 0 radical (unpaired) electrons. The van der Waals surface area contributed by atoms with E-state index in [1.807, 2.05) is 78.1 Å². The van der Waals surface area contributed by atoms with Crippen molar-refractivity contribution in [3.8, 4) is 0 Å². The lowest BCUT2D eigenvalue weighted by molar-refractivity contribution is -0.131. The summed E-state index contributed by atoms with van der Waals surface area (Å²) in [6.45, 7) is 2.96. The maximum atomic E-state index is 9.25. The third-order valence-electron chi connectivity index (χ3n) is 0.175. The van der Waals surface area contributed by atoms with Gasteiger partial charge in [0.2, 0.25) is 0 Å². The Labute approximate surface area is 135 Å². The number of carboxylic acids is 1. The van der Waals surface area contributed by atoms with Crippen molar-refractivity contribution in [2.75, 3.05) is 63.4 Å². The molecular weight excluding hydrogens is 314 g/mol. The standard InChI is InChI=1S/3C3H9N.C3H4O2.H2O4S/c3*1-4(2)3;1-2-3(4)5;1-5(2,3)4/h3*1-3H3;2H,1H2,(H,4,5);(H2,1,2,3,4). The lowest BCUT2D eigenvalue weighted by Gasteiger charge is -1.90. The predicted molar refractivity (Wildman–Crippen MR) is 90.8 cm³/mol. The van der Waals surface area contributed by atoms with Gasteiger partial charge in [0.1, 0.15) is 0 Å². The Hall–Kier alpha value is -1.04. The third kappa shape index (κ3) is 6640. The molecule has 22 heavy (non-hydrogen) atoms. The zero-order valence-electron chi connectivity index (χ0n) is 15.1. The first-order chi connectivity index (χ1) is 9.47. The summed E-state index contributed by atoms with van der Waals surface area (Å²) in [6.07, 6.45) is 0.833. The van der Waals surface area contributed by atoms with Crippen molar-refractivity contribution in [2.24, 2.45) is 0 Å². The third-order valence-corrected chi connectivity index (χ3v) is 0.175. The second kappa shape index (κ2) is 22.2. The molecule has 0 aromatic heterocycles. The summed E-state index contributed by atoms with van der Waals surface area (Å²) in [5, 5.41) is 7.60. The minimum atomic E-state index is -4.67. The van der Waals surface area contributed by atoms with Crippen molar-refractivity contribution in [1.29, 1.82) is 0 Å². The van der Waals surface area contributed by atoms with Crippen molar-refractivity contribution in [3.05, 3.63) is 12.7 Å². The number of carbonyl (C=O) groups is 1. The topological polar surface area (TPSA) is 122 Å². The zero-order valence-corrected chi connectivity index (χ0v) is 15.9. The van der Waals surface area contributed by atoms with E-state index < -0.39 is 16.4 Å². The van der Waals surface area contributed by atoms with Crippen LogP contribution in [0.2, 0.25) is 0 Å². The molecule has 9 nitrogen and oxygen atoms in total. The molecule has 10 heteroatoms. The Balaban J connectivity index is -0.0000000550. The van der Waals surface area contributed by atoms with Crippen LogP contribution in [0, 0.1) is 0 Å². The fourth-order valence-corrected chi connectivity index (χ4v) is 0. The summed E-state index contributed by atoms with van der Waals surface area (Å²) >= 11 is 0. The van der Waals surface area contributed by atoms with E-state index in [2.05, 4.69) is 6.58 Å². The van der Waals surface area contributed by atoms with E-state index in [1.165, 1.54) is 0 Å². The van der Waals surface area contributed by atoms with Gasteiger partial charge in [-0.3, -0.25) is 9.11 Å². The molecule has 0 saturated heterocycles. The molecule has 0 atom stereocenters. The fraction of sp³-hybridized carbons (Fsp3) is 0.750. The van der Waals surface area contributed by atoms with Crippen LogP contribution < -0.4 is 0 Å². The van der Waals surface area contributed by atoms with E-state index >= 15 is 0 Å². The van der Waals surface area contributed by atoms with Gasteiger partial charge in [0.05, 0.1) is 0 Å². The van der Waals surface area contributed by atoms with Gasteiger partial charge in [-0.05, 0) is 63.4 Å². The summed E-state index contributed by atoms with van der Waals surface area (Å²) in [5.74, 6) is -0.981. The summed E-state index contributed by atoms with van der Waals surface area (Å²) in [5.41, 5.74) is 0. The summed E-state index contributed by atoms with van der Waals surface area (Å²) in [6, 6.07) is 0. The molecule has 0 unspecified atom stereocenters. The van der Waals surface area contributed by atoms with Crippen LogP contribution in [-0.4, -0.2) is 107 Å². The average molecular weight is 347 g/mol. The lowest BCUT2D eigenvalue weighted by Crippen LogP contribution is -1.99. The molecule has 0 saturated carbocycles. The number of hydrogen-bond acceptors (Lipinski definition) is 6. The van der Waals surface area contributed by atoms with Crippen molar-refractivity contribution in [2.45, 2.75) is 0 Å². The molecule has 0 aliphatic carbocycles. The number of hydrogen-bond donors (Lipinski definition) is 3. The van der Waals surface area contributed by atoms with Gasteiger partial charge in [-0.15, -0.1) is 0 Å². The minimum absolute atomic E-state index is 0.833. The molecule has 0 fully saturated rings. The molecule has 0 rings (SSSR count). The molecule has 0 aromatic rings. The molecular formula is C12H33N3O6S. The molecule has 0 spiro atoms. The van der Waals surface area contributed by atoms with Crippen molar-refractivity contribution < 1.29 is 27.4 Å². The first kappa shape index (κ1) is 32.8. The lowest BCUT2D eigenvalue weighted by atomic mass is 10.7. The quantitative estimate of drug-likeness (QED) is 0.449. The molecule has 0 aliphatic rings. The fourth-order valence-electron chi connectivity index (χ4n) is 0. The SMILES string of the molecule is C=CC(=O)O.CN(C)C.CN(C)C.CN(C)C.O=S(=O)(O)O. The normalized spacial score (nSPS) is 9.00. The van der Waals surface area contributed by atoms with Gasteiger partial charge < -0.3 is 19.8 Å². The van der Waals surface area contributed by atoms with Crippen LogP contribution in [0.4, 0.5) is 0 Å². The Bertz CT molecular complexity index is 299. The number of carboxylic acid groups (broad SMARTS) is 1. The maximum absolute atomic E-state index is 9.25. The maximum Gasteiger partial charge on any atom is 0.394 e. The van der Waals surface area contributed by atoms with Gasteiger partial charge in [-0.2, -0.15) is 8.42 Å². The smallest absolute Gasteiger partial charge is 0.394 e. The Morgan fingerprint density at radius 2 is 0.864 bits per heavy atom. The minimum Gasteiger partial charge on any atom is -0.478 e. The largest absolute Gasteiger partial charge is 0.478 e. The summed E-state index contributed by atoms with van der Waals surface area (Å²) in [4.78, 5) is 15.2. The number of rotatable bonds is 1. The van der Waals surface area contributed by atoms with E-state index in [-0.39, 0.29) is 0 Å². The molecule has 0 heterocycles. The monoisotopic (exact) mass is 347 g/mol. The van der Waals surface area contributed by atoms with Crippen LogP contribution in [0.1, 0.15) is 0 Å². The Morgan fingerprint density at radius 1 is 0.818 bits per heavy atom. The van der Waals surface area contributed by atoms with Crippen molar-refractivity contribution >= 4 is 16.4 Å². The highest BCUT2D eigenvalue weighted by Crippen LogP contribution is 1.59. The Kier molecular flexibility index (Phi) is 33.1. The second-order valence-electron chi connectivity index (χ2n) is 5.02. The van der Waals surface area contributed by atoms with Crippen LogP contribution in [0.15, 0.2) is 12.7 Å². The van der Waals surface area contributed by atoms with E-state index in [0.29, 0.717) is 0 Å². The van der Waals surface area contributed by atoms with Gasteiger partial charge >= 0.3 is 16.4 Å². The molecule has 3 N–H and O–H groups in total. The van der Waals surface area contributed by atoms with Crippen LogP contribution in [-0.2, 0) is 15.2 Å².